The minimum Gasteiger partial charge on any atom is -0.271 e. The number of nitrogens with one attached hydrogen (secondary N) is 1. The van der Waals surface area contributed by atoms with Crippen LogP contribution in [0.25, 0.3) is 0 Å². The van der Waals surface area contributed by atoms with Crippen LogP contribution in [0.3, 0.4) is 0 Å². The standard InChI is InChI=1S/C10H20N2/c1-7(2)5-9(12-11)8-6-10(8,3)4/h5,8-9,12H,6,11H2,1-4H3. The van der Waals surface area contributed by atoms with Gasteiger partial charge in [0.1, 0.15) is 0 Å². The van der Waals surface area contributed by atoms with Crippen molar-refractivity contribution in [3.63, 3.8) is 0 Å². The van der Waals surface area contributed by atoms with Crippen LogP contribution in [0.2, 0.25) is 0 Å². The number of hydrogen-bond donors (Lipinski definition) is 2. The van der Waals surface area contributed by atoms with Gasteiger partial charge >= 0.3 is 0 Å². The second-order valence-corrected chi connectivity index (χ2v) is 4.74. The molecule has 0 aromatic carbocycles. The third-order valence-electron chi connectivity index (χ3n) is 2.73. The van der Waals surface area contributed by atoms with Gasteiger partial charge in [-0.05, 0) is 31.6 Å². The summed E-state index contributed by atoms with van der Waals surface area (Å²) in [6.07, 6.45) is 3.51. The maximum atomic E-state index is 5.49. The molecule has 0 heterocycles. The quantitative estimate of drug-likeness (QED) is 0.383. The first-order valence-electron chi connectivity index (χ1n) is 4.58. The number of nitrogens with two attached hydrogens (primary N) is 1. The highest BCUT2D eigenvalue weighted by atomic mass is 15.2. The Morgan fingerprint density at radius 1 is 1.58 bits per heavy atom. The molecular formula is C10H20N2. The third-order valence-corrected chi connectivity index (χ3v) is 2.73. The Balaban J connectivity index is 2.54. The van der Waals surface area contributed by atoms with Crippen molar-refractivity contribution in [3.8, 4) is 0 Å². The van der Waals surface area contributed by atoms with E-state index in [1.807, 2.05) is 0 Å². The van der Waals surface area contributed by atoms with Crippen LogP contribution in [0.5, 0.6) is 0 Å². The second-order valence-electron chi connectivity index (χ2n) is 4.74. The Kier molecular flexibility index (Phi) is 2.59. The average Bonchev–Trinajstić information content (AvgIpc) is 2.54. The number of rotatable bonds is 3. The van der Waals surface area contributed by atoms with Crippen LogP contribution < -0.4 is 11.3 Å². The average molecular weight is 168 g/mol. The molecule has 0 aromatic rings. The highest BCUT2D eigenvalue weighted by molar-refractivity contribution is 5.11. The van der Waals surface area contributed by atoms with Gasteiger partial charge in [-0.15, -0.1) is 0 Å². The van der Waals surface area contributed by atoms with Gasteiger partial charge in [0.05, 0.1) is 0 Å². The first kappa shape index (κ1) is 9.75. The maximum Gasteiger partial charge on any atom is 0.0426 e. The van der Waals surface area contributed by atoms with E-state index in [0.29, 0.717) is 11.5 Å². The molecule has 0 aliphatic heterocycles. The van der Waals surface area contributed by atoms with Crippen LogP contribution in [0.1, 0.15) is 34.1 Å². The molecule has 0 spiro atoms. The van der Waals surface area contributed by atoms with Crippen molar-refractivity contribution in [1.82, 2.24) is 5.43 Å². The lowest BCUT2D eigenvalue weighted by molar-refractivity contribution is 0.465. The lowest BCUT2D eigenvalue weighted by Gasteiger charge is -2.13. The topological polar surface area (TPSA) is 38.0 Å². The van der Waals surface area contributed by atoms with Crippen molar-refractivity contribution in [1.29, 1.82) is 0 Å². The molecular weight excluding hydrogens is 148 g/mol. The monoisotopic (exact) mass is 168 g/mol. The minimum absolute atomic E-state index is 0.366. The molecule has 0 bridgehead atoms. The minimum atomic E-state index is 0.366. The van der Waals surface area contributed by atoms with Gasteiger partial charge in [-0.3, -0.25) is 11.3 Å². The largest absolute Gasteiger partial charge is 0.271 e. The zero-order chi connectivity index (χ0) is 9.35. The normalized spacial score (nSPS) is 27.9. The van der Waals surface area contributed by atoms with E-state index in [4.69, 9.17) is 5.84 Å². The molecule has 2 unspecified atom stereocenters. The molecule has 12 heavy (non-hydrogen) atoms. The van der Waals surface area contributed by atoms with Crippen molar-refractivity contribution >= 4 is 0 Å². The fourth-order valence-electron chi connectivity index (χ4n) is 1.76. The van der Waals surface area contributed by atoms with E-state index in [2.05, 4.69) is 39.2 Å². The fraction of sp³-hybridized carbons (Fsp3) is 0.800. The summed E-state index contributed by atoms with van der Waals surface area (Å²) in [6.45, 7) is 8.81. The van der Waals surface area contributed by atoms with Crippen molar-refractivity contribution in [3.05, 3.63) is 11.6 Å². The van der Waals surface area contributed by atoms with Crippen molar-refractivity contribution in [2.75, 3.05) is 0 Å². The van der Waals surface area contributed by atoms with E-state index in [9.17, 15) is 0 Å². The summed E-state index contributed by atoms with van der Waals surface area (Å²) in [5.41, 5.74) is 4.70. The van der Waals surface area contributed by atoms with Gasteiger partial charge in [0, 0.05) is 6.04 Å². The molecule has 70 valence electrons. The van der Waals surface area contributed by atoms with Gasteiger partial charge in [-0.1, -0.05) is 25.5 Å². The molecule has 0 aromatic heterocycles. The van der Waals surface area contributed by atoms with E-state index < -0.39 is 0 Å². The Morgan fingerprint density at radius 3 is 2.33 bits per heavy atom. The number of allylic oxidation sites excluding steroid dienone is 1. The predicted octanol–water partition coefficient (Wildman–Crippen LogP) is 1.83. The van der Waals surface area contributed by atoms with Crippen LogP contribution in [0, 0.1) is 11.3 Å². The first-order valence-corrected chi connectivity index (χ1v) is 4.58. The van der Waals surface area contributed by atoms with Crippen molar-refractivity contribution < 1.29 is 0 Å². The molecule has 2 heteroatoms. The predicted molar refractivity (Wildman–Crippen MR) is 52.4 cm³/mol. The van der Waals surface area contributed by atoms with Gasteiger partial charge in [0.25, 0.3) is 0 Å². The Labute approximate surface area is 75.2 Å². The summed E-state index contributed by atoms with van der Waals surface area (Å²) >= 11 is 0. The molecule has 0 radical (unpaired) electrons. The summed E-state index contributed by atoms with van der Waals surface area (Å²) in [5.74, 6) is 6.21. The molecule has 2 atom stereocenters. The Hall–Kier alpha value is -0.340. The van der Waals surface area contributed by atoms with Gasteiger partial charge < -0.3 is 0 Å². The molecule has 0 saturated heterocycles. The molecule has 1 aliphatic carbocycles. The van der Waals surface area contributed by atoms with E-state index >= 15 is 0 Å². The van der Waals surface area contributed by atoms with Crippen LogP contribution >= 0.6 is 0 Å². The van der Waals surface area contributed by atoms with Gasteiger partial charge in [-0.2, -0.15) is 0 Å². The zero-order valence-corrected chi connectivity index (χ0v) is 8.52. The van der Waals surface area contributed by atoms with Gasteiger partial charge in [0.2, 0.25) is 0 Å². The molecule has 1 fully saturated rings. The van der Waals surface area contributed by atoms with Crippen LogP contribution in [0.4, 0.5) is 0 Å². The van der Waals surface area contributed by atoms with Gasteiger partial charge in [0.15, 0.2) is 0 Å². The fourth-order valence-corrected chi connectivity index (χ4v) is 1.76. The van der Waals surface area contributed by atoms with Crippen LogP contribution in [0.15, 0.2) is 11.6 Å². The molecule has 0 amide bonds. The highest BCUT2D eigenvalue weighted by Crippen LogP contribution is 2.53. The van der Waals surface area contributed by atoms with Crippen LogP contribution in [-0.2, 0) is 0 Å². The molecule has 1 aliphatic rings. The van der Waals surface area contributed by atoms with Gasteiger partial charge in [-0.25, -0.2) is 0 Å². The number of hydrogen-bond acceptors (Lipinski definition) is 2. The van der Waals surface area contributed by atoms with Crippen molar-refractivity contribution in [2.45, 2.75) is 40.2 Å². The SMILES string of the molecule is CC(C)=CC(NN)C1CC1(C)C. The van der Waals surface area contributed by atoms with E-state index in [-0.39, 0.29) is 0 Å². The van der Waals surface area contributed by atoms with E-state index in [1.165, 1.54) is 12.0 Å². The van der Waals surface area contributed by atoms with E-state index in [0.717, 1.165) is 5.92 Å². The smallest absolute Gasteiger partial charge is 0.0426 e. The van der Waals surface area contributed by atoms with E-state index in [1.54, 1.807) is 0 Å². The third kappa shape index (κ3) is 2.08. The lowest BCUT2D eigenvalue weighted by Crippen LogP contribution is -2.36. The summed E-state index contributed by atoms with van der Waals surface area (Å²) in [7, 11) is 0. The first-order chi connectivity index (χ1) is 5.47. The molecule has 2 nitrogen and oxygen atoms in total. The Bertz CT molecular complexity index is 190. The summed E-state index contributed by atoms with van der Waals surface area (Å²) in [6, 6.07) is 0.366. The zero-order valence-electron chi connectivity index (χ0n) is 8.52. The van der Waals surface area contributed by atoms with Crippen LogP contribution in [-0.4, -0.2) is 6.04 Å². The number of hydrazine groups is 1. The summed E-state index contributed by atoms with van der Waals surface area (Å²) in [4.78, 5) is 0. The van der Waals surface area contributed by atoms with Crippen molar-refractivity contribution in [2.24, 2.45) is 17.2 Å². The molecule has 3 N–H and O–H groups in total. The highest BCUT2D eigenvalue weighted by Gasteiger charge is 2.49. The summed E-state index contributed by atoms with van der Waals surface area (Å²) in [5, 5.41) is 0. The maximum absolute atomic E-state index is 5.49. The lowest BCUT2D eigenvalue weighted by atomic mass is 10.0. The summed E-state index contributed by atoms with van der Waals surface area (Å²) < 4.78 is 0. The molecule has 1 saturated carbocycles. The Morgan fingerprint density at radius 2 is 2.08 bits per heavy atom. The second kappa shape index (κ2) is 3.19. The molecule has 1 rings (SSSR count).